The van der Waals surface area contributed by atoms with Crippen LogP contribution in [0.15, 0.2) is 18.2 Å². The summed E-state index contributed by atoms with van der Waals surface area (Å²) in [6.07, 6.45) is 0. The first-order valence-electron chi connectivity index (χ1n) is 7.17. The second-order valence-corrected chi connectivity index (χ2v) is 5.82. The molecule has 1 rings (SSSR count). The van der Waals surface area contributed by atoms with E-state index in [0.717, 1.165) is 11.3 Å². The van der Waals surface area contributed by atoms with Crippen LogP contribution in [0.2, 0.25) is 0 Å². The lowest BCUT2D eigenvalue weighted by Gasteiger charge is -2.20. The van der Waals surface area contributed by atoms with Crippen LogP contribution in [0.1, 0.15) is 33.3 Å². The largest absolute Gasteiger partial charge is 0.493 e. The molecule has 2 N–H and O–H groups in total. The zero-order valence-corrected chi connectivity index (χ0v) is 13.6. The van der Waals surface area contributed by atoms with Crippen LogP contribution in [0.5, 0.6) is 11.5 Å². The van der Waals surface area contributed by atoms with Crippen molar-refractivity contribution >= 4 is 5.91 Å². The third kappa shape index (κ3) is 6.49. The van der Waals surface area contributed by atoms with Crippen molar-refractivity contribution in [3.05, 3.63) is 23.8 Å². The minimum Gasteiger partial charge on any atom is -0.493 e. The van der Waals surface area contributed by atoms with E-state index in [0.29, 0.717) is 18.9 Å². The van der Waals surface area contributed by atoms with Gasteiger partial charge in [-0.1, -0.05) is 6.07 Å². The first-order valence-corrected chi connectivity index (χ1v) is 7.17. The average Bonchev–Trinajstić information content (AvgIpc) is 2.37. The quantitative estimate of drug-likeness (QED) is 0.808. The van der Waals surface area contributed by atoms with E-state index >= 15 is 0 Å². The molecule has 118 valence electrons. The second-order valence-electron chi connectivity index (χ2n) is 5.82. The topological polar surface area (TPSA) is 59.6 Å². The van der Waals surface area contributed by atoms with Gasteiger partial charge in [0.05, 0.1) is 20.3 Å². The number of ether oxygens (including phenoxy) is 2. The summed E-state index contributed by atoms with van der Waals surface area (Å²) in [6.45, 7) is 9.28. The van der Waals surface area contributed by atoms with Crippen LogP contribution in [0, 0.1) is 0 Å². The molecule has 5 heteroatoms. The van der Waals surface area contributed by atoms with Gasteiger partial charge in [0.25, 0.3) is 0 Å². The SMILES string of the molecule is CCOc1cc(CNCC(=O)NC(C)(C)C)ccc1OC. The fourth-order valence-corrected chi connectivity index (χ4v) is 1.88. The Morgan fingerprint density at radius 3 is 2.52 bits per heavy atom. The Morgan fingerprint density at radius 2 is 1.95 bits per heavy atom. The molecule has 0 atom stereocenters. The van der Waals surface area contributed by atoms with E-state index in [-0.39, 0.29) is 18.0 Å². The maximum absolute atomic E-state index is 11.7. The number of carbonyl (C=O) groups excluding carboxylic acids is 1. The minimum atomic E-state index is -0.207. The Labute approximate surface area is 127 Å². The normalized spacial score (nSPS) is 11.1. The third-order valence-electron chi connectivity index (χ3n) is 2.66. The van der Waals surface area contributed by atoms with E-state index in [4.69, 9.17) is 9.47 Å². The average molecular weight is 294 g/mol. The van der Waals surface area contributed by atoms with E-state index in [1.807, 2.05) is 45.9 Å². The smallest absolute Gasteiger partial charge is 0.234 e. The summed E-state index contributed by atoms with van der Waals surface area (Å²) in [4.78, 5) is 11.7. The van der Waals surface area contributed by atoms with Crippen molar-refractivity contribution in [2.24, 2.45) is 0 Å². The molecule has 5 nitrogen and oxygen atoms in total. The van der Waals surface area contributed by atoms with Crippen molar-refractivity contribution in [1.82, 2.24) is 10.6 Å². The van der Waals surface area contributed by atoms with Crippen LogP contribution >= 0.6 is 0 Å². The van der Waals surface area contributed by atoms with Crippen LogP contribution in [-0.2, 0) is 11.3 Å². The summed E-state index contributed by atoms with van der Waals surface area (Å²) < 4.78 is 10.8. The number of amides is 1. The molecule has 0 unspecified atom stereocenters. The molecule has 21 heavy (non-hydrogen) atoms. The van der Waals surface area contributed by atoms with Gasteiger partial charge in [-0.25, -0.2) is 0 Å². The van der Waals surface area contributed by atoms with Gasteiger partial charge >= 0.3 is 0 Å². The molecule has 0 radical (unpaired) electrons. The highest BCUT2D eigenvalue weighted by Gasteiger charge is 2.13. The standard InChI is InChI=1S/C16H26N2O3/c1-6-21-14-9-12(7-8-13(14)20-5)10-17-11-15(19)18-16(2,3)4/h7-9,17H,6,10-11H2,1-5H3,(H,18,19). The van der Waals surface area contributed by atoms with E-state index in [1.165, 1.54) is 0 Å². The Kier molecular flexibility index (Phi) is 6.49. The van der Waals surface area contributed by atoms with Gasteiger partial charge in [-0.05, 0) is 45.4 Å². The summed E-state index contributed by atoms with van der Waals surface area (Å²) in [5.74, 6) is 1.42. The number of nitrogens with one attached hydrogen (secondary N) is 2. The molecule has 0 heterocycles. The maximum Gasteiger partial charge on any atom is 0.234 e. The second kappa shape index (κ2) is 7.88. The van der Waals surface area contributed by atoms with Crippen LogP contribution in [0.25, 0.3) is 0 Å². The monoisotopic (exact) mass is 294 g/mol. The molecule has 1 aromatic carbocycles. The van der Waals surface area contributed by atoms with Crippen LogP contribution in [-0.4, -0.2) is 31.7 Å². The van der Waals surface area contributed by atoms with Crippen LogP contribution < -0.4 is 20.1 Å². The molecule has 0 spiro atoms. The predicted octanol–water partition coefficient (Wildman–Crippen LogP) is 2.10. The highest BCUT2D eigenvalue weighted by molar-refractivity contribution is 5.78. The van der Waals surface area contributed by atoms with Gasteiger partial charge in [-0.15, -0.1) is 0 Å². The van der Waals surface area contributed by atoms with Gasteiger partial charge in [0.1, 0.15) is 0 Å². The lowest BCUT2D eigenvalue weighted by atomic mass is 10.1. The molecule has 0 bridgehead atoms. The number of rotatable bonds is 7. The van der Waals surface area contributed by atoms with Crippen molar-refractivity contribution in [1.29, 1.82) is 0 Å². The van der Waals surface area contributed by atoms with Gasteiger partial charge in [0.2, 0.25) is 5.91 Å². The molecular formula is C16H26N2O3. The molecule has 1 aromatic rings. The molecule has 0 saturated carbocycles. The number of hydrogen-bond donors (Lipinski definition) is 2. The zero-order valence-electron chi connectivity index (χ0n) is 13.6. The summed E-state index contributed by atoms with van der Waals surface area (Å²) in [5.41, 5.74) is 0.837. The van der Waals surface area contributed by atoms with Crippen LogP contribution in [0.3, 0.4) is 0 Å². The van der Waals surface area contributed by atoms with Crippen molar-refractivity contribution in [2.75, 3.05) is 20.3 Å². The lowest BCUT2D eigenvalue weighted by molar-refractivity contribution is -0.121. The number of benzene rings is 1. The summed E-state index contributed by atoms with van der Waals surface area (Å²) in [5, 5.41) is 6.03. The summed E-state index contributed by atoms with van der Waals surface area (Å²) in [7, 11) is 1.62. The van der Waals surface area contributed by atoms with Crippen molar-refractivity contribution in [3.8, 4) is 11.5 Å². The van der Waals surface area contributed by atoms with E-state index in [1.54, 1.807) is 7.11 Å². The van der Waals surface area contributed by atoms with Gasteiger partial charge in [0, 0.05) is 12.1 Å². The Hall–Kier alpha value is -1.75. The summed E-state index contributed by atoms with van der Waals surface area (Å²) >= 11 is 0. The van der Waals surface area contributed by atoms with Gasteiger partial charge in [-0.2, -0.15) is 0 Å². The molecule has 1 amide bonds. The van der Waals surface area contributed by atoms with Gasteiger partial charge < -0.3 is 20.1 Å². The third-order valence-corrected chi connectivity index (χ3v) is 2.66. The van der Waals surface area contributed by atoms with E-state index in [2.05, 4.69) is 10.6 Å². The van der Waals surface area contributed by atoms with Crippen molar-refractivity contribution < 1.29 is 14.3 Å². The van der Waals surface area contributed by atoms with Gasteiger partial charge in [0.15, 0.2) is 11.5 Å². The van der Waals surface area contributed by atoms with Crippen molar-refractivity contribution in [2.45, 2.75) is 39.8 Å². The zero-order chi connectivity index (χ0) is 15.9. The number of carbonyl (C=O) groups is 1. The summed E-state index contributed by atoms with van der Waals surface area (Å²) in [6, 6.07) is 5.75. The molecule has 0 saturated heterocycles. The van der Waals surface area contributed by atoms with Crippen LogP contribution in [0.4, 0.5) is 0 Å². The molecule has 0 aliphatic carbocycles. The molecule has 0 aliphatic heterocycles. The minimum absolute atomic E-state index is 0.0129. The van der Waals surface area contributed by atoms with E-state index in [9.17, 15) is 4.79 Å². The maximum atomic E-state index is 11.7. The fourth-order valence-electron chi connectivity index (χ4n) is 1.88. The molecular weight excluding hydrogens is 268 g/mol. The Balaban J connectivity index is 2.52. The number of methoxy groups -OCH3 is 1. The van der Waals surface area contributed by atoms with Gasteiger partial charge in [-0.3, -0.25) is 4.79 Å². The predicted molar refractivity (Wildman–Crippen MR) is 83.8 cm³/mol. The van der Waals surface area contributed by atoms with Crippen molar-refractivity contribution in [3.63, 3.8) is 0 Å². The lowest BCUT2D eigenvalue weighted by Crippen LogP contribution is -2.44. The fraction of sp³-hybridized carbons (Fsp3) is 0.562. The molecule has 0 fully saturated rings. The Bertz CT molecular complexity index is 467. The Morgan fingerprint density at radius 1 is 1.24 bits per heavy atom. The highest BCUT2D eigenvalue weighted by atomic mass is 16.5. The first-order chi connectivity index (χ1) is 9.85. The number of hydrogen-bond acceptors (Lipinski definition) is 4. The molecule has 0 aromatic heterocycles. The first kappa shape index (κ1) is 17.3. The molecule has 0 aliphatic rings. The highest BCUT2D eigenvalue weighted by Crippen LogP contribution is 2.27. The van der Waals surface area contributed by atoms with E-state index < -0.39 is 0 Å².